The number of anilines is 1. The molecule has 6 heterocycles. The van der Waals surface area contributed by atoms with Gasteiger partial charge in [0.1, 0.15) is 35.5 Å². The zero-order valence-electron chi connectivity index (χ0n) is 34.4. The summed E-state index contributed by atoms with van der Waals surface area (Å²) in [6, 6.07) is 12.1. The lowest BCUT2D eigenvalue weighted by molar-refractivity contribution is -0.199. The van der Waals surface area contributed by atoms with Gasteiger partial charge in [-0.05, 0) is 74.7 Å². The summed E-state index contributed by atoms with van der Waals surface area (Å²) in [5.74, 6) is 4.64. The van der Waals surface area contributed by atoms with Gasteiger partial charge in [0.2, 0.25) is 11.8 Å². The number of rotatable bonds is 7. The topological polar surface area (TPSA) is 156 Å². The molecular formula is C46H45ClFN7O6. The van der Waals surface area contributed by atoms with Crippen molar-refractivity contribution in [3.05, 3.63) is 86.9 Å². The van der Waals surface area contributed by atoms with Crippen LogP contribution in [0, 0.1) is 51.7 Å². The summed E-state index contributed by atoms with van der Waals surface area (Å²) >= 11 is 6.28. The van der Waals surface area contributed by atoms with Crippen LogP contribution in [0.3, 0.4) is 0 Å². The van der Waals surface area contributed by atoms with Crippen molar-refractivity contribution in [1.82, 2.24) is 25.0 Å². The van der Waals surface area contributed by atoms with Crippen LogP contribution >= 0.6 is 11.6 Å². The summed E-state index contributed by atoms with van der Waals surface area (Å²) in [5, 5.41) is 11.8. The van der Waals surface area contributed by atoms with Crippen molar-refractivity contribution >= 4 is 46.8 Å². The molecule has 1 aliphatic carbocycles. The average Bonchev–Trinajstić information content (AvgIpc) is 3.64. The van der Waals surface area contributed by atoms with Gasteiger partial charge in [0.15, 0.2) is 0 Å². The number of ether oxygens (including phenoxy) is 1. The van der Waals surface area contributed by atoms with Crippen molar-refractivity contribution in [2.75, 3.05) is 37.6 Å². The van der Waals surface area contributed by atoms with Crippen LogP contribution in [-0.4, -0.2) is 100 Å². The van der Waals surface area contributed by atoms with E-state index in [1.165, 1.54) is 6.07 Å². The van der Waals surface area contributed by atoms with Gasteiger partial charge < -0.3 is 19.4 Å². The molecular weight excluding hydrogens is 801 g/mol. The van der Waals surface area contributed by atoms with Crippen molar-refractivity contribution in [3.8, 4) is 23.7 Å². The second kappa shape index (κ2) is 15.0. The molecule has 5 aliphatic heterocycles. The fraction of sp³-hybridized carbons (Fsp3) is 0.457. The van der Waals surface area contributed by atoms with Crippen LogP contribution in [0.2, 0.25) is 5.02 Å². The minimum absolute atomic E-state index is 0.0127. The molecule has 9 rings (SSSR count). The minimum atomic E-state index is -1.10. The largest absolute Gasteiger partial charge is 0.489 e. The van der Waals surface area contributed by atoms with Crippen molar-refractivity contribution in [2.24, 2.45) is 22.7 Å². The lowest BCUT2D eigenvalue weighted by atomic mass is 9.49. The number of carbonyl (C=O) groups excluding carboxylic acids is 5. The maximum atomic E-state index is 15.3. The molecule has 5 amide bonds. The molecule has 1 N–H and O–H groups in total. The standard InChI is InChI=1S/C46H45ClFN7O6/c1-45(2)43(46(3,4)44(45)61-29-9-6-27(20-49)33(47)17-29)54-24-35-30(40(54)58)10-8-28(50-35)7-5-25-13-15-52(16-14-25)21-26-22-53(23-26)37-19-32-31(18-34(37)48)41(59)55(42(32)60)36-11-12-38(56)51-39(36)57/h6,8-10,17-19,25-26,36,43-44H,11-16,21-24H2,1-4H3,(H,51,56,57)/t36?,43-,44-. The molecule has 314 valence electrons. The highest BCUT2D eigenvalue weighted by molar-refractivity contribution is 6.31. The smallest absolute Gasteiger partial charge is 0.262 e. The Morgan fingerprint density at radius 3 is 2.30 bits per heavy atom. The van der Waals surface area contributed by atoms with Gasteiger partial charge in [-0.2, -0.15) is 5.26 Å². The summed E-state index contributed by atoms with van der Waals surface area (Å²) in [4.78, 5) is 76.0. The SMILES string of the molecule is CC1(C)[C@H](Oc2ccc(C#N)c(Cl)c2)C(C)(C)[C@H]1N1Cc2nc(C#CC3CCN(CC4CN(c5cc6c(cc5F)C(=O)N(C5CCC(=O)NC5=O)C6=O)C4)CC3)ccc2C1=O. The molecule has 1 saturated carbocycles. The number of benzene rings is 2. The van der Waals surface area contributed by atoms with Crippen LogP contribution in [0.1, 0.15) is 101 Å². The number of halogens is 2. The molecule has 15 heteroatoms. The number of nitriles is 1. The first kappa shape index (κ1) is 40.6. The van der Waals surface area contributed by atoms with Crippen molar-refractivity contribution in [3.63, 3.8) is 0 Å². The number of hydrogen-bond acceptors (Lipinski definition) is 10. The number of piperidine rings is 2. The van der Waals surface area contributed by atoms with E-state index in [9.17, 15) is 29.2 Å². The van der Waals surface area contributed by atoms with Gasteiger partial charge in [-0.15, -0.1) is 0 Å². The molecule has 0 spiro atoms. The van der Waals surface area contributed by atoms with E-state index in [0.717, 1.165) is 49.1 Å². The molecule has 0 bridgehead atoms. The number of aromatic nitrogens is 1. The predicted octanol–water partition coefficient (Wildman–Crippen LogP) is 5.18. The van der Waals surface area contributed by atoms with Crippen molar-refractivity contribution < 1.29 is 33.1 Å². The summed E-state index contributed by atoms with van der Waals surface area (Å²) in [7, 11) is 0. The van der Waals surface area contributed by atoms with Gasteiger partial charge in [0.25, 0.3) is 17.7 Å². The lowest BCUT2D eigenvalue weighted by Gasteiger charge is -2.65. The number of nitrogens with zero attached hydrogens (tertiary/aromatic N) is 6. The van der Waals surface area contributed by atoms with E-state index in [0.29, 0.717) is 53.1 Å². The number of fused-ring (bicyclic) bond motifs is 2. The van der Waals surface area contributed by atoms with E-state index in [1.54, 1.807) is 18.2 Å². The van der Waals surface area contributed by atoms with Gasteiger partial charge in [-0.1, -0.05) is 45.2 Å². The van der Waals surface area contributed by atoms with Gasteiger partial charge in [0.05, 0.1) is 45.2 Å². The zero-order chi connectivity index (χ0) is 43.1. The quantitative estimate of drug-likeness (QED) is 0.248. The third kappa shape index (κ3) is 6.90. The average molecular weight is 846 g/mol. The van der Waals surface area contributed by atoms with Crippen LogP contribution in [-0.2, 0) is 16.1 Å². The molecule has 13 nitrogen and oxygen atoms in total. The van der Waals surface area contributed by atoms with Gasteiger partial charge in [0, 0.05) is 60.8 Å². The summed E-state index contributed by atoms with van der Waals surface area (Å²) in [6.07, 6.45) is 1.65. The Morgan fingerprint density at radius 2 is 1.62 bits per heavy atom. The maximum Gasteiger partial charge on any atom is 0.262 e. The van der Waals surface area contributed by atoms with E-state index >= 15 is 4.39 Å². The van der Waals surface area contributed by atoms with E-state index in [-0.39, 0.29) is 64.5 Å². The number of hydrogen-bond donors (Lipinski definition) is 1. The number of nitrogens with one attached hydrogen (secondary N) is 1. The fourth-order valence-corrected chi connectivity index (χ4v) is 11.1. The first-order valence-corrected chi connectivity index (χ1v) is 21.1. The highest BCUT2D eigenvalue weighted by atomic mass is 35.5. The Morgan fingerprint density at radius 1 is 0.918 bits per heavy atom. The van der Waals surface area contributed by atoms with Crippen LogP contribution < -0.4 is 15.0 Å². The predicted molar refractivity (Wildman–Crippen MR) is 221 cm³/mol. The number of pyridine rings is 1. The Labute approximate surface area is 358 Å². The monoisotopic (exact) mass is 845 g/mol. The second-order valence-corrected chi connectivity index (χ2v) is 18.7. The molecule has 3 aromatic rings. The van der Waals surface area contributed by atoms with E-state index in [4.69, 9.17) is 21.3 Å². The molecule has 2 aromatic carbocycles. The molecule has 61 heavy (non-hydrogen) atoms. The molecule has 4 fully saturated rings. The second-order valence-electron chi connectivity index (χ2n) is 18.3. The summed E-state index contributed by atoms with van der Waals surface area (Å²) < 4.78 is 21.8. The summed E-state index contributed by atoms with van der Waals surface area (Å²) in [6.45, 7) is 12.7. The normalized spacial score (nSPS) is 24.6. The minimum Gasteiger partial charge on any atom is -0.489 e. The maximum absolute atomic E-state index is 15.3. The Balaban J connectivity index is 0.764. The Hall–Kier alpha value is -5.83. The van der Waals surface area contributed by atoms with E-state index in [2.05, 4.69) is 55.8 Å². The molecule has 0 radical (unpaired) electrons. The number of carbonyl (C=O) groups is 5. The number of likely N-dealkylation sites (tertiary alicyclic amines) is 1. The fourth-order valence-electron chi connectivity index (χ4n) is 10.9. The Bertz CT molecular complexity index is 2510. The highest BCUT2D eigenvalue weighted by Crippen LogP contribution is 2.59. The van der Waals surface area contributed by atoms with Crippen LogP contribution in [0.5, 0.6) is 5.75 Å². The van der Waals surface area contributed by atoms with Gasteiger partial charge in [-0.25, -0.2) is 9.37 Å². The molecule has 1 atom stereocenters. The highest BCUT2D eigenvalue weighted by Gasteiger charge is 2.67. The summed E-state index contributed by atoms with van der Waals surface area (Å²) in [5.41, 5.74) is 1.85. The first-order chi connectivity index (χ1) is 29.0. The van der Waals surface area contributed by atoms with E-state index in [1.807, 2.05) is 21.9 Å². The third-order valence-electron chi connectivity index (χ3n) is 13.5. The van der Waals surface area contributed by atoms with E-state index < -0.39 is 35.5 Å². The van der Waals surface area contributed by atoms with Crippen molar-refractivity contribution in [1.29, 1.82) is 5.26 Å². The molecule has 6 aliphatic rings. The lowest BCUT2D eigenvalue weighted by Crippen LogP contribution is -2.74. The first-order valence-electron chi connectivity index (χ1n) is 20.8. The van der Waals surface area contributed by atoms with Crippen molar-refractivity contribution in [2.45, 2.75) is 78.1 Å². The molecule has 3 saturated heterocycles. The number of imide groups is 2. The van der Waals surface area contributed by atoms with Crippen LogP contribution in [0.4, 0.5) is 10.1 Å². The van der Waals surface area contributed by atoms with Gasteiger partial charge >= 0.3 is 0 Å². The van der Waals surface area contributed by atoms with Gasteiger partial charge in [-0.3, -0.25) is 34.2 Å². The van der Waals surface area contributed by atoms with Crippen LogP contribution in [0.25, 0.3) is 0 Å². The third-order valence-corrected chi connectivity index (χ3v) is 13.8. The molecule has 1 aromatic heterocycles. The Kier molecular flexibility index (Phi) is 9.95. The zero-order valence-corrected chi connectivity index (χ0v) is 35.1. The van der Waals surface area contributed by atoms with Crippen LogP contribution in [0.15, 0.2) is 42.5 Å². The molecule has 1 unspecified atom stereocenters. The number of amides is 5.